The van der Waals surface area contributed by atoms with E-state index in [1.54, 1.807) is 0 Å². The molecule has 3 aromatic rings. The molecule has 38 heavy (non-hydrogen) atoms. The minimum Gasteiger partial charge on any atom is -0.312 e. The van der Waals surface area contributed by atoms with Crippen molar-refractivity contribution in [2.45, 2.75) is 116 Å². The zero-order valence-corrected chi connectivity index (χ0v) is 24.3. The third kappa shape index (κ3) is 12.4. The van der Waals surface area contributed by atoms with Gasteiger partial charge in [-0.05, 0) is 12.8 Å². The van der Waals surface area contributed by atoms with Crippen LogP contribution in [0.3, 0.4) is 0 Å². The fraction of sp³-hybridized carbons (Fsp3) is 0.514. The zero-order valence-electron chi connectivity index (χ0n) is 24.3. The van der Waals surface area contributed by atoms with Crippen LogP contribution in [0.5, 0.6) is 0 Å². The van der Waals surface area contributed by atoms with Gasteiger partial charge in [0.25, 0.3) is 0 Å². The summed E-state index contributed by atoms with van der Waals surface area (Å²) in [5, 5.41) is 0. The van der Waals surface area contributed by atoms with Crippen LogP contribution in [-0.4, -0.2) is 11.0 Å². The van der Waals surface area contributed by atoms with Crippen LogP contribution in [0, 0.1) is 0 Å². The smallest absolute Gasteiger partial charge is 0.105 e. The molecule has 0 amide bonds. The second-order valence-corrected chi connectivity index (χ2v) is 11.6. The Morgan fingerprint density at radius 3 is 0.974 bits per heavy atom. The van der Waals surface area contributed by atoms with Crippen LogP contribution in [0.1, 0.15) is 114 Å². The van der Waals surface area contributed by atoms with Crippen molar-refractivity contribution in [3.05, 3.63) is 108 Å². The van der Waals surface area contributed by atoms with E-state index >= 15 is 0 Å². The molecule has 0 heterocycles. The number of hydrogen-bond donors (Lipinski definition) is 0. The van der Waals surface area contributed by atoms with Gasteiger partial charge >= 0.3 is 0 Å². The number of nitrogens with zero attached hydrogens (tertiary/aromatic N) is 1. The summed E-state index contributed by atoms with van der Waals surface area (Å²) in [6.07, 6.45) is 19.8. The van der Waals surface area contributed by atoms with Gasteiger partial charge in [0.15, 0.2) is 0 Å². The third-order valence-corrected chi connectivity index (χ3v) is 8.07. The molecule has 0 spiro atoms. The lowest BCUT2D eigenvalue weighted by atomic mass is 10.0. The average molecular weight is 513 g/mol. The second-order valence-electron chi connectivity index (χ2n) is 11.6. The van der Waals surface area contributed by atoms with Gasteiger partial charge in [0.1, 0.15) is 19.6 Å². The van der Waals surface area contributed by atoms with E-state index in [1.807, 2.05) is 0 Å². The van der Waals surface area contributed by atoms with Crippen LogP contribution < -0.4 is 0 Å². The van der Waals surface area contributed by atoms with Crippen LogP contribution in [0.4, 0.5) is 0 Å². The largest absolute Gasteiger partial charge is 0.312 e. The van der Waals surface area contributed by atoms with Gasteiger partial charge in [-0.15, -0.1) is 0 Å². The van der Waals surface area contributed by atoms with E-state index in [2.05, 4.69) is 97.9 Å². The molecule has 0 aliphatic heterocycles. The lowest BCUT2D eigenvalue weighted by Crippen LogP contribution is -2.46. The van der Waals surface area contributed by atoms with Crippen LogP contribution in [0.25, 0.3) is 0 Å². The van der Waals surface area contributed by atoms with Gasteiger partial charge in [-0.2, -0.15) is 0 Å². The molecular formula is C37H54N+. The maximum atomic E-state index is 2.31. The quantitative estimate of drug-likeness (QED) is 0.0983. The molecule has 0 radical (unpaired) electrons. The summed E-state index contributed by atoms with van der Waals surface area (Å²) in [7, 11) is 0. The standard InChI is InChI=1S/C37H54N/c1-2-3-4-5-6-7-8-9-10-11-12-13-14-24-31-38(32-35-25-18-15-19-26-35,33-36-27-20-16-21-28-36)34-37-29-22-17-23-30-37/h15-23,25-30H,2-14,24,31-34H2,1H3/q+1. The number of quaternary nitrogens is 1. The fourth-order valence-electron chi connectivity index (χ4n) is 5.96. The summed E-state index contributed by atoms with van der Waals surface area (Å²) in [6, 6.07) is 33.5. The minimum atomic E-state index is 1.09. The summed E-state index contributed by atoms with van der Waals surface area (Å²) in [4.78, 5) is 0. The molecule has 0 bridgehead atoms. The Balaban J connectivity index is 1.49. The van der Waals surface area contributed by atoms with E-state index in [0.29, 0.717) is 0 Å². The molecule has 0 saturated heterocycles. The van der Waals surface area contributed by atoms with E-state index in [1.165, 1.54) is 113 Å². The SMILES string of the molecule is CCCCCCCCCCCCCCCC[N+](Cc1ccccc1)(Cc1ccccc1)Cc1ccccc1. The Bertz CT molecular complexity index is 833. The molecule has 1 heteroatoms. The fourth-order valence-corrected chi connectivity index (χ4v) is 5.96. The van der Waals surface area contributed by atoms with E-state index < -0.39 is 0 Å². The van der Waals surface area contributed by atoms with Crippen molar-refractivity contribution >= 4 is 0 Å². The zero-order chi connectivity index (χ0) is 26.6. The Morgan fingerprint density at radius 2 is 0.658 bits per heavy atom. The molecule has 0 fully saturated rings. The van der Waals surface area contributed by atoms with Crippen LogP contribution in [0.15, 0.2) is 91.0 Å². The molecule has 0 unspecified atom stereocenters. The number of hydrogen-bond acceptors (Lipinski definition) is 0. The summed E-state index contributed by atoms with van der Waals surface area (Å²) in [5.74, 6) is 0. The molecule has 206 valence electrons. The van der Waals surface area contributed by atoms with Gasteiger partial charge in [0, 0.05) is 16.7 Å². The topological polar surface area (TPSA) is 0 Å². The summed E-state index contributed by atoms with van der Waals surface area (Å²) >= 11 is 0. The molecule has 0 atom stereocenters. The van der Waals surface area contributed by atoms with Crippen LogP contribution in [-0.2, 0) is 19.6 Å². The predicted octanol–water partition coefficient (Wildman–Crippen LogP) is 10.9. The first-order valence-corrected chi connectivity index (χ1v) is 15.8. The summed E-state index contributed by atoms with van der Waals surface area (Å²) in [5.41, 5.74) is 4.35. The van der Waals surface area contributed by atoms with Crippen molar-refractivity contribution in [2.75, 3.05) is 6.54 Å². The number of unbranched alkanes of at least 4 members (excludes halogenated alkanes) is 13. The monoisotopic (exact) mass is 512 g/mol. The molecule has 0 aliphatic carbocycles. The van der Waals surface area contributed by atoms with Gasteiger partial charge in [-0.1, -0.05) is 175 Å². The van der Waals surface area contributed by atoms with Crippen LogP contribution in [0.2, 0.25) is 0 Å². The van der Waals surface area contributed by atoms with Gasteiger partial charge < -0.3 is 4.48 Å². The molecule has 1 nitrogen and oxygen atoms in total. The second kappa shape index (κ2) is 18.8. The number of rotatable bonds is 21. The highest BCUT2D eigenvalue weighted by Crippen LogP contribution is 2.26. The molecule has 3 aromatic carbocycles. The van der Waals surface area contributed by atoms with E-state index in [0.717, 1.165) is 24.1 Å². The summed E-state index contributed by atoms with van der Waals surface area (Å²) in [6.45, 7) is 6.79. The normalized spacial score (nSPS) is 11.6. The lowest BCUT2D eigenvalue weighted by molar-refractivity contribution is -0.966. The lowest BCUT2D eigenvalue weighted by Gasteiger charge is -2.39. The van der Waals surface area contributed by atoms with Gasteiger partial charge in [-0.25, -0.2) is 0 Å². The Labute approximate surface area is 234 Å². The summed E-state index contributed by atoms with van der Waals surface area (Å²) < 4.78 is 1.09. The average Bonchev–Trinajstić information content (AvgIpc) is 2.95. The maximum Gasteiger partial charge on any atom is 0.105 e. The Hall–Kier alpha value is -2.38. The van der Waals surface area contributed by atoms with E-state index in [-0.39, 0.29) is 0 Å². The van der Waals surface area contributed by atoms with Crippen molar-refractivity contribution < 1.29 is 4.48 Å². The first kappa shape index (κ1) is 30.2. The molecule has 0 N–H and O–H groups in total. The highest BCUT2D eigenvalue weighted by molar-refractivity contribution is 5.17. The first-order valence-electron chi connectivity index (χ1n) is 15.8. The van der Waals surface area contributed by atoms with Crippen LogP contribution >= 0.6 is 0 Å². The van der Waals surface area contributed by atoms with E-state index in [4.69, 9.17) is 0 Å². The van der Waals surface area contributed by atoms with Gasteiger partial charge in [-0.3, -0.25) is 0 Å². The molecule has 3 rings (SSSR count). The molecule has 0 aliphatic rings. The van der Waals surface area contributed by atoms with Crippen molar-refractivity contribution in [3.8, 4) is 0 Å². The van der Waals surface area contributed by atoms with Gasteiger partial charge in [0.05, 0.1) is 6.54 Å². The molecular weight excluding hydrogens is 458 g/mol. The minimum absolute atomic E-state index is 1.09. The number of benzene rings is 3. The molecule has 0 aromatic heterocycles. The Morgan fingerprint density at radius 1 is 0.368 bits per heavy atom. The Kier molecular flexibility index (Phi) is 14.9. The molecule has 0 saturated carbocycles. The predicted molar refractivity (Wildman–Crippen MR) is 166 cm³/mol. The highest BCUT2D eigenvalue weighted by atomic mass is 15.3. The van der Waals surface area contributed by atoms with Crippen molar-refractivity contribution in [2.24, 2.45) is 0 Å². The first-order chi connectivity index (χ1) is 18.8. The van der Waals surface area contributed by atoms with Gasteiger partial charge in [0.2, 0.25) is 0 Å². The van der Waals surface area contributed by atoms with Crippen molar-refractivity contribution in [1.82, 2.24) is 0 Å². The van der Waals surface area contributed by atoms with Crippen molar-refractivity contribution in [1.29, 1.82) is 0 Å². The van der Waals surface area contributed by atoms with E-state index in [9.17, 15) is 0 Å². The third-order valence-electron chi connectivity index (χ3n) is 8.07. The van der Waals surface area contributed by atoms with Crippen molar-refractivity contribution in [3.63, 3.8) is 0 Å². The maximum absolute atomic E-state index is 2.31. The highest BCUT2D eigenvalue weighted by Gasteiger charge is 2.28.